The molecule has 0 aliphatic rings. The van der Waals surface area contributed by atoms with Gasteiger partial charge in [-0.1, -0.05) is 25.1 Å². The van der Waals surface area contributed by atoms with Crippen molar-refractivity contribution in [3.05, 3.63) is 34.9 Å². The number of hydrogen-bond donors (Lipinski definition) is 1. The van der Waals surface area contributed by atoms with E-state index >= 15 is 0 Å². The largest absolute Gasteiger partial charge is 0.285 e. The van der Waals surface area contributed by atoms with Gasteiger partial charge < -0.3 is 0 Å². The van der Waals surface area contributed by atoms with Crippen LogP contribution >= 0.6 is 0 Å². The smallest absolute Gasteiger partial charge is 0.266 e. The van der Waals surface area contributed by atoms with E-state index < -0.39 is 9.05 Å². The van der Waals surface area contributed by atoms with E-state index in [-0.39, 0.29) is 6.61 Å². The van der Waals surface area contributed by atoms with E-state index in [1.54, 1.807) is 0 Å². The van der Waals surface area contributed by atoms with Crippen LogP contribution in [0.2, 0.25) is 0 Å². The first-order valence-corrected chi connectivity index (χ1v) is 6.99. The molecule has 0 aliphatic carbocycles. The highest BCUT2D eigenvalue weighted by Crippen LogP contribution is 2.13. The highest BCUT2D eigenvalue weighted by molar-refractivity contribution is 8.27. The quantitative estimate of drug-likeness (QED) is 0.884. The van der Waals surface area contributed by atoms with Gasteiger partial charge in [0.05, 0.1) is 6.61 Å². The third-order valence-corrected chi connectivity index (χ3v) is 2.89. The minimum atomic E-state index is -3.53. The van der Waals surface area contributed by atoms with Crippen LogP contribution < -0.4 is 0 Å². The molecule has 0 aromatic heterocycles. The maximum Gasteiger partial charge on any atom is 0.266 e. The van der Waals surface area contributed by atoms with E-state index in [4.69, 9.17) is 8.74 Å². The molecule has 84 valence electrons. The van der Waals surface area contributed by atoms with Gasteiger partial charge in [0.2, 0.25) is 0 Å². The summed E-state index contributed by atoms with van der Waals surface area (Å²) in [6, 6.07) is 5.97. The monoisotopic (exact) mass is 246 g/mol. The van der Waals surface area contributed by atoms with E-state index in [1.165, 1.54) is 5.56 Å². The average Bonchev–Trinajstić information content (AvgIpc) is 2.15. The Morgan fingerprint density at radius 1 is 1.53 bits per heavy atom. The maximum absolute atomic E-state index is 10.8. The van der Waals surface area contributed by atoms with Gasteiger partial charge in [-0.2, -0.15) is 4.21 Å². The van der Waals surface area contributed by atoms with Gasteiger partial charge in [0.1, 0.15) is 0 Å². The lowest BCUT2D eigenvalue weighted by Crippen LogP contribution is -2.03. The van der Waals surface area contributed by atoms with Gasteiger partial charge in [0.25, 0.3) is 9.05 Å². The summed E-state index contributed by atoms with van der Waals surface area (Å²) in [5.41, 5.74) is 3.11. The number of aryl methyl sites for hydroxylation is 2. The zero-order valence-corrected chi connectivity index (χ0v) is 10.4. The predicted molar refractivity (Wildman–Crippen MR) is 63.5 cm³/mol. The molecule has 0 saturated heterocycles. The summed E-state index contributed by atoms with van der Waals surface area (Å²) in [6.45, 7) is 4.07. The van der Waals surface area contributed by atoms with Crippen LogP contribution in [0.5, 0.6) is 0 Å². The van der Waals surface area contributed by atoms with Crippen molar-refractivity contribution in [3.8, 4) is 0 Å². The van der Waals surface area contributed by atoms with E-state index in [0.717, 1.165) is 17.5 Å². The number of hydrogen-bond acceptors (Lipinski definition) is 3. The van der Waals surface area contributed by atoms with Crippen LogP contribution in [0.3, 0.4) is 0 Å². The van der Waals surface area contributed by atoms with Crippen molar-refractivity contribution >= 4 is 20.2 Å². The lowest BCUT2D eigenvalue weighted by Gasteiger charge is -2.07. The highest BCUT2D eigenvalue weighted by Gasteiger charge is 2.04. The van der Waals surface area contributed by atoms with Crippen LogP contribution in [0.25, 0.3) is 0 Å². The summed E-state index contributed by atoms with van der Waals surface area (Å²) in [7, 11) is -3.53. The van der Waals surface area contributed by atoms with Crippen LogP contribution in [0.1, 0.15) is 23.6 Å². The van der Waals surface area contributed by atoms with Crippen molar-refractivity contribution in [3.63, 3.8) is 0 Å². The third kappa shape index (κ3) is 4.25. The van der Waals surface area contributed by atoms with Crippen molar-refractivity contribution in [1.29, 1.82) is 0 Å². The summed E-state index contributed by atoms with van der Waals surface area (Å²) in [6.07, 6.45) is 0.926. The second-order valence-electron chi connectivity index (χ2n) is 3.30. The second kappa shape index (κ2) is 5.03. The van der Waals surface area contributed by atoms with Crippen molar-refractivity contribution in [1.82, 2.24) is 0 Å². The molecule has 1 aromatic rings. The Labute approximate surface area is 95.2 Å². The maximum atomic E-state index is 10.8. The average molecular weight is 246 g/mol. The zero-order chi connectivity index (χ0) is 11.5. The minimum Gasteiger partial charge on any atom is -0.285 e. The molecular weight excluding hydrogens is 232 g/mol. The van der Waals surface area contributed by atoms with Crippen LogP contribution in [0, 0.1) is 6.92 Å². The Kier molecular flexibility index (Phi) is 4.21. The van der Waals surface area contributed by atoms with Crippen molar-refractivity contribution in [2.75, 3.05) is 0 Å². The SMILES string of the molecule is CCc1ccc(C)c(COS(=O)(O)=S)c1. The molecule has 0 radical (unpaired) electrons. The normalized spacial score (nSPS) is 14.9. The Morgan fingerprint density at radius 2 is 2.20 bits per heavy atom. The van der Waals surface area contributed by atoms with Crippen LogP contribution in [0.15, 0.2) is 18.2 Å². The second-order valence-corrected chi connectivity index (χ2v) is 5.66. The van der Waals surface area contributed by atoms with E-state index in [1.807, 2.05) is 25.1 Å². The van der Waals surface area contributed by atoms with E-state index in [0.29, 0.717) is 0 Å². The molecule has 1 unspecified atom stereocenters. The van der Waals surface area contributed by atoms with Gasteiger partial charge in [0, 0.05) is 11.2 Å². The topological polar surface area (TPSA) is 46.5 Å². The number of rotatable bonds is 4. The summed E-state index contributed by atoms with van der Waals surface area (Å²) in [5, 5.41) is 0. The van der Waals surface area contributed by atoms with Gasteiger partial charge in [-0.15, -0.1) is 0 Å². The molecule has 0 saturated carbocycles. The molecule has 1 N–H and O–H groups in total. The Hall–Kier alpha value is -0.490. The lowest BCUT2D eigenvalue weighted by atomic mass is 10.0. The van der Waals surface area contributed by atoms with Gasteiger partial charge in [-0.05, 0) is 30.0 Å². The molecular formula is C10H14O3S2. The molecule has 0 fully saturated rings. The van der Waals surface area contributed by atoms with Crippen molar-refractivity contribution < 1.29 is 12.9 Å². The minimum absolute atomic E-state index is 0.0819. The molecule has 0 heterocycles. The molecule has 1 rings (SSSR count). The first-order chi connectivity index (χ1) is 6.92. The van der Waals surface area contributed by atoms with Crippen LogP contribution in [-0.4, -0.2) is 8.76 Å². The molecule has 1 aromatic carbocycles. The summed E-state index contributed by atoms with van der Waals surface area (Å²) >= 11 is 4.25. The molecule has 0 spiro atoms. The molecule has 0 aliphatic heterocycles. The fourth-order valence-electron chi connectivity index (χ4n) is 1.24. The van der Waals surface area contributed by atoms with Gasteiger partial charge in [-0.3, -0.25) is 8.74 Å². The Bertz CT molecular complexity index is 438. The van der Waals surface area contributed by atoms with Crippen LogP contribution in [-0.2, 0) is 37.5 Å². The molecule has 0 bridgehead atoms. The first-order valence-electron chi connectivity index (χ1n) is 4.62. The zero-order valence-electron chi connectivity index (χ0n) is 8.73. The van der Waals surface area contributed by atoms with Gasteiger partial charge >= 0.3 is 0 Å². The van der Waals surface area contributed by atoms with Crippen LogP contribution in [0.4, 0.5) is 0 Å². The van der Waals surface area contributed by atoms with E-state index in [2.05, 4.69) is 18.1 Å². The van der Waals surface area contributed by atoms with E-state index in [9.17, 15) is 4.21 Å². The summed E-state index contributed by atoms with van der Waals surface area (Å²) in [5.74, 6) is 0. The Balaban J connectivity index is 2.84. The lowest BCUT2D eigenvalue weighted by molar-refractivity contribution is 0.294. The molecule has 15 heavy (non-hydrogen) atoms. The summed E-state index contributed by atoms with van der Waals surface area (Å²) in [4.78, 5) is 0. The highest BCUT2D eigenvalue weighted by atomic mass is 32.9. The molecule has 0 amide bonds. The van der Waals surface area contributed by atoms with Crippen molar-refractivity contribution in [2.45, 2.75) is 26.9 Å². The Morgan fingerprint density at radius 3 is 2.73 bits per heavy atom. The fourth-order valence-corrected chi connectivity index (χ4v) is 1.66. The third-order valence-electron chi connectivity index (χ3n) is 2.19. The molecule has 1 atom stereocenters. The van der Waals surface area contributed by atoms with Gasteiger partial charge in [-0.25, -0.2) is 0 Å². The fraction of sp³-hybridized carbons (Fsp3) is 0.400. The van der Waals surface area contributed by atoms with Crippen molar-refractivity contribution in [2.24, 2.45) is 0 Å². The standard InChI is InChI=1S/C10H14O3S2/c1-3-9-5-4-8(2)10(6-9)7-13-15(11,12)14/h4-6H,3,7H2,1-2H3,(H,11,12,14). The predicted octanol–water partition coefficient (Wildman–Crippen LogP) is 2.21. The number of benzene rings is 1. The molecule has 3 nitrogen and oxygen atoms in total. The first kappa shape index (κ1) is 12.6. The summed E-state index contributed by atoms with van der Waals surface area (Å²) < 4.78 is 24.3. The van der Waals surface area contributed by atoms with Gasteiger partial charge in [0.15, 0.2) is 0 Å². The molecule has 5 heteroatoms.